The smallest absolute Gasteiger partial charge is 0.0221 e. The molecule has 1 atom stereocenters. The molecule has 1 aliphatic heterocycles. The summed E-state index contributed by atoms with van der Waals surface area (Å²) in [5.74, 6) is 0. The van der Waals surface area contributed by atoms with Gasteiger partial charge in [-0.1, -0.05) is 13.8 Å². The highest BCUT2D eigenvalue weighted by atomic mass is 15.3. The van der Waals surface area contributed by atoms with Gasteiger partial charge in [0.1, 0.15) is 0 Å². The summed E-state index contributed by atoms with van der Waals surface area (Å²) in [6, 6.07) is 0.759. The molecule has 84 valence electrons. The van der Waals surface area contributed by atoms with E-state index in [2.05, 4.69) is 23.6 Å². The Balaban J connectivity index is 2.37. The molecule has 1 heterocycles. The number of nitrogens with zero attached hydrogens (tertiary/aromatic N) is 2. The van der Waals surface area contributed by atoms with Crippen molar-refractivity contribution in [2.75, 3.05) is 39.3 Å². The molecule has 0 aromatic carbocycles. The van der Waals surface area contributed by atoms with Crippen molar-refractivity contribution in [3.05, 3.63) is 0 Å². The molecule has 1 aliphatic rings. The third-order valence-corrected chi connectivity index (χ3v) is 3.12. The van der Waals surface area contributed by atoms with E-state index in [1.807, 2.05) is 0 Å². The Morgan fingerprint density at radius 1 is 1.21 bits per heavy atom. The fourth-order valence-electron chi connectivity index (χ4n) is 2.31. The molecule has 1 unspecified atom stereocenters. The van der Waals surface area contributed by atoms with Gasteiger partial charge in [0.2, 0.25) is 0 Å². The van der Waals surface area contributed by atoms with Crippen LogP contribution >= 0.6 is 0 Å². The topological polar surface area (TPSA) is 32.5 Å². The molecule has 0 radical (unpaired) electrons. The van der Waals surface area contributed by atoms with Crippen molar-refractivity contribution < 1.29 is 0 Å². The first-order valence-electron chi connectivity index (χ1n) is 5.98. The molecular formula is C11H25N3. The van der Waals surface area contributed by atoms with E-state index >= 15 is 0 Å². The molecule has 1 rings (SSSR count). The zero-order valence-corrected chi connectivity index (χ0v) is 9.71. The van der Waals surface area contributed by atoms with E-state index in [-0.39, 0.29) is 0 Å². The molecule has 3 heteroatoms. The summed E-state index contributed by atoms with van der Waals surface area (Å²) in [7, 11) is 0. The lowest BCUT2D eigenvalue weighted by atomic mass is 10.1. The molecule has 0 spiro atoms. The number of nitrogens with two attached hydrogens (primary N) is 1. The second-order valence-corrected chi connectivity index (χ2v) is 4.19. The van der Waals surface area contributed by atoms with Crippen LogP contribution in [0.4, 0.5) is 0 Å². The van der Waals surface area contributed by atoms with E-state index in [9.17, 15) is 0 Å². The molecule has 0 bridgehead atoms. The van der Waals surface area contributed by atoms with Gasteiger partial charge in [-0.05, 0) is 19.4 Å². The molecule has 0 aromatic rings. The van der Waals surface area contributed by atoms with Crippen LogP contribution in [0.5, 0.6) is 0 Å². The molecule has 14 heavy (non-hydrogen) atoms. The van der Waals surface area contributed by atoms with Crippen LogP contribution in [0, 0.1) is 0 Å². The maximum absolute atomic E-state index is 5.58. The van der Waals surface area contributed by atoms with Crippen LogP contribution in [0.15, 0.2) is 0 Å². The molecule has 0 saturated carbocycles. The maximum Gasteiger partial charge on any atom is 0.0221 e. The van der Waals surface area contributed by atoms with Crippen LogP contribution in [0.2, 0.25) is 0 Å². The van der Waals surface area contributed by atoms with E-state index in [0.717, 1.165) is 19.1 Å². The summed E-state index contributed by atoms with van der Waals surface area (Å²) in [6.07, 6.45) is 2.54. The van der Waals surface area contributed by atoms with Crippen LogP contribution in [0.3, 0.4) is 0 Å². The Morgan fingerprint density at radius 3 is 2.57 bits per heavy atom. The van der Waals surface area contributed by atoms with E-state index < -0.39 is 0 Å². The van der Waals surface area contributed by atoms with Gasteiger partial charge in [-0.25, -0.2) is 0 Å². The second kappa shape index (κ2) is 6.38. The number of hydrogen-bond donors (Lipinski definition) is 1. The maximum atomic E-state index is 5.58. The van der Waals surface area contributed by atoms with Crippen LogP contribution in [0.1, 0.15) is 26.7 Å². The van der Waals surface area contributed by atoms with Crippen LogP contribution in [-0.4, -0.2) is 55.1 Å². The SMILES string of the molecule is CCCN1CCN(CCN)CC1CC. The fraction of sp³-hybridized carbons (Fsp3) is 1.00. The molecule has 2 N–H and O–H groups in total. The number of hydrogen-bond acceptors (Lipinski definition) is 3. The van der Waals surface area contributed by atoms with Crippen LogP contribution in [-0.2, 0) is 0 Å². The van der Waals surface area contributed by atoms with Gasteiger partial charge in [0.15, 0.2) is 0 Å². The minimum absolute atomic E-state index is 0.759. The third-order valence-electron chi connectivity index (χ3n) is 3.12. The molecule has 0 amide bonds. The Kier molecular flexibility index (Phi) is 5.45. The van der Waals surface area contributed by atoms with Crippen molar-refractivity contribution in [2.45, 2.75) is 32.7 Å². The Hall–Kier alpha value is -0.120. The molecule has 1 saturated heterocycles. The minimum atomic E-state index is 0.759. The standard InChI is InChI=1S/C11H25N3/c1-3-6-14-9-8-13(7-5-12)10-11(14)4-2/h11H,3-10,12H2,1-2H3. The predicted octanol–water partition coefficient (Wildman–Crippen LogP) is 0.751. The minimum Gasteiger partial charge on any atom is -0.329 e. The normalized spacial score (nSPS) is 25.5. The average Bonchev–Trinajstić information content (AvgIpc) is 2.21. The monoisotopic (exact) mass is 199 g/mol. The summed E-state index contributed by atoms with van der Waals surface area (Å²) >= 11 is 0. The Bertz CT molecular complexity index is 149. The van der Waals surface area contributed by atoms with Crippen molar-refractivity contribution >= 4 is 0 Å². The summed E-state index contributed by atoms with van der Waals surface area (Å²) in [4.78, 5) is 5.13. The highest BCUT2D eigenvalue weighted by Crippen LogP contribution is 2.12. The van der Waals surface area contributed by atoms with Crippen LogP contribution < -0.4 is 5.73 Å². The lowest BCUT2D eigenvalue weighted by molar-refractivity contribution is 0.0741. The fourth-order valence-corrected chi connectivity index (χ4v) is 2.31. The van der Waals surface area contributed by atoms with Gasteiger partial charge in [0, 0.05) is 38.8 Å². The zero-order valence-electron chi connectivity index (χ0n) is 9.71. The van der Waals surface area contributed by atoms with E-state index in [1.54, 1.807) is 0 Å². The van der Waals surface area contributed by atoms with Gasteiger partial charge in [-0.2, -0.15) is 0 Å². The summed E-state index contributed by atoms with van der Waals surface area (Å²) < 4.78 is 0. The first-order chi connectivity index (χ1) is 6.81. The van der Waals surface area contributed by atoms with Gasteiger partial charge in [-0.15, -0.1) is 0 Å². The summed E-state index contributed by atoms with van der Waals surface area (Å²) in [5, 5.41) is 0. The van der Waals surface area contributed by atoms with Crippen molar-refractivity contribution in [1.29, 1.82) is 0 Å². The predicted molar refractivity (Wildman–Crippen MR) is 61.4 cm³/mol. The molecule has 0 aromatic heterocycles. The van der Waals surface area contributed by atoms with Gasteiger partial charge >= 0.3 is 0 Å². The molecule has 3 nitrogen and oxygen atoms in total. The third kappa shape index (κ3) is 3.23. The lowest BCUT2D eigenvalue weighted by Crippen LogP contribution is -2.53. The summed E-state index contributed by atoms with van der Waals surface area (Å²) in [6.45, 7) is 11.3. The van der Waals surface area contributed by atoms with E-state index in [1.165, 1.54) is 39.0 Å². The number of piperazine rings is 1. The Labute approximate surface area is 88.2 Å². The van der Waals surface area contributed by atoms with Crippen LogP contribution in [0.25, 0.3) is 0 Å². The molecular weight excluding hydrogens is 174 g/mol. The second-order valence-electron chi connectivity index (χ2n) is 4.19. The first kappa shape index (κ1) is 12.0. The van der Waals surface area contributed by atoms with Crippen molar-refractivity contribution in [3.63, 3.8) is 0 Å². The van der Waals surface area contributed by atoms with E-state index in [4.69, 9.17) is 5.73 Å². The van der Waals surface area contributed by atoms with Crippen molar-refractivity contribution in [3.8, 4) is 0 Å². The first-order valence-corrected chi connectivity index (χ1v) is 5.98. The summed E-state index contributed by atoms with van der Waals surface area (Å²) in [5.41, 5.74) is 5.58. The highest BCUT2D eigenvalue weighted by molar-refractivity contribution is 4.80. The highest BCUT2D eigenvalue weighted by Gasteiger charge is 2.23. The average molecular weight is 199 g/mol. The zero-order chi connectivity index (χ0) is 10.4. The van der Waals surface area contributed by atoms with Gasteiger partial charge < -0.3 is 5.73 Å². The lowest BCUT2D eigenvalue weighted by Gasteiger charge is -2.41. The van der Waals surface area contributed by atoms with Crippen molar-refractivity contribution in [2.24, 2.45) is 5.73 Å². The van der Waals surface area contributed by atoms with Gasteiger partial charge in [0.05, 0.1) is 0 Å². The largest absolute Gasteiger partial charge is 0.329 e. The Morgan fingerprint density at radius 2 is 2.00 bits per heavy atom. The number of rotatable bonds is 5. The van der Waals surface area contributed by atoms with E-state index in [0.29, 0.717) is 0 Å². The van der Waals surface area contributed by atoms with Gasteiger partial charge in [-0.3, -0.25) is 9.80 Å². The van der Waals surface area contributed by atoms with Crippen molar-refractivity contribution in [1.82, 2.24) is 9.80 Å². The quantitative estimate of drug-likeness (QED) is 0.709. The molecule has 1 fully saturated rings. The van der Waals surface area contributed by atoms with Gasteiger partial charge in [0.25, 0.3) is 0 Å². The molecule has 0 aliphatic carbocycles.